The average molecular weight is 349 g/mol. The number of hydrogen-bond donors (Lipinski definition) is 1. The summed E-state index contributed by atoms with van der Waals surface area (Å²) in [5, 5.41) is 10.6. The van der Waals surface area contributed by atoms with Gasteiger partial charge in [0.05, 0.1) is 17.2 Å². The molecule has 1 unspecified atom stereocenters. The van der Waals surface area contributed by atoms with E-state index < -0.39 is 6.10 Å². The van der Waals surface area contributed by atoms with E-state index in [9.17, 15) is 9.90 Å². The van der Waals surface area contributed by atoms with Gasteiger partial charge in [-0.2, -0.15) is 0 Å². The van der Waals surface area contributed by atoms with Crippen molar-refractivity contribution in [2.45, 2.75) is 25.9 Å². The summed E-state index contributed by atoms with van der Waals surface area (Å²) in [4.78, 5) is 19.0. The van der Waals surface area contributed by atoms with Gasteiger partial charge >= 0.3 is 0 Å². The van der Waals surface area contributed by atoms with Gasteiger partial charge < -0.3 is 10.0 Å². The number of piperidine rings is 1. The Hall–Kier alpha value is -1.46. The van der Waals surface area contributed by atoms with Crippen LogP contribution in [0.25, 0.3) is 10.9 Å². The van der Waals surface area contributed by atoms with E-state index in [-0.39, 0.29) is 5.91 Å². The molecule has 0 aliphatic carbocycles. The Morgan fingerprint density at radius 2 is 2.24 bits per heavy atom. The lowest BCUT2D eigenvalue weighted by molar-refractivity contribution is 0.0475. The number of likely N-dealkylation sites (tertiary alicyclic amines) is 1. The summed E-state index contributed by atoms with van der Waals surface area (Å²) in [5.74, 6) is -0.0256. The van der Waals surface area contributed by atoms with Crippen LogP contribution in [0, 0.1) is 6.92 Å². The van der Waals surface area contributed by atoms with Gasteiger partial charge in [-0.25, -0.2) is 0 Å². The molecule has 1 N–H and O–H groups in total. The van der Waals surface area contributed by atoms with Crippen molar-refractivity contribution in [1.82, 2.24) is 9.88 Å². The lowest BCUT2D eigenvalue weighted by Crippen LogP contribution is -2.42. The molecule has 110 valence electrons. The number of aliphatic hydroxyl groups is 1. The highest BCUT2D eigenvalue weighted by atomic mass is 79.9. The molecule has 0 bridgehead atoms. The highest BCUT2D eigenvalue weighted by molar-refractivity contribution is 9.10. The number of aliphatic hydroxyl groups excluding tert-OH is 1. The van der Waals surface area contributed by atoms with Gasteiger partial charge in [-0.15, -0.1) is 0 Å². The van der Waals surface area contributed by atoms with Crippen LogP contribution in [-0.2, 0) is 0 Å². The third-order valence-corrected chi connectivity index (χ3v) is 4.31. The monoisotopic (exact) mass is 348 g/mol. The van der Waals surface area contributed by atoms with Crippen molar-refractivity contribution in [3.8, 4) is 0 Å². The van der Waals surface area contributed by atoms with Crippen LogP contribution < -0.4 is 0 Å². The van der Waals surface area contributed by atoms with Crippen molar-refractivity contribution in [2.24, 2.45) is 0 Å². The number of aromatic nitrogens is 1. The number of carbonyl (C=O) groups is 1. The van der Waals surface area contributed by atoms with Crippen LogP contribution in [0.1, 0.15) is 28.9 Å². The topological polar surface area (TPSA) is 53.4 Å². The van der Waals surface area contributed by atoms with E-state index in [0.717, 1.165) is 33.9 Å². The summed E-state index contributed by atoms with van der Waals surface area (Å²) >= 11 is 3.45. The van der Waals surface area contributed by atoms with Crippen LogP contribution in [0.15, 0.2) is 28.7 Å². The zero-order chi connectivity index (χ0) is 15.0. The first kappa shape index (κ1) is 14.5. The maximum Gasteiger partial charge on any atom is 0.254 e. The van der Waals surface area contributed by atoms with Gasteiger partial charge in [0, 0.05) is 28.6 Å². The Kier molecular flexibility index (Phi) is 3.95. The number of nitrogens with zero attached hydrogens (tertiary/aromatic N) is 2. The van der Waals surface area contributed by atoms with Gasteiger partial charge in [0.1, 0.15) is 0 Å². The van der Waals surface area contributed by atoms with Crippen molar-refractivity contribution in [3.05, 3.63) is 40.0 Å². The summed E-state index contributed by atoms with van der Waals surface area (Å²) in [6.07, 6.45) is 1.20. The van der Waals surface area contributed by atoms with Crippen LogP contribution in [-0.4, -0.2) is 40.1 Å². The molecule has 2 aromatic rings. The molecule has 1 aromatic heterocycles. The highest BCUT2D eigenvalue weighted by Crippen LogP contribution is 2.25. The van der Waals surface area contributed by atoms with E-state index in [1.165, 1.54) is 0 Å². The molecule has 0 radical (unpaired) electrons. The number of amides is 1. The van der Waals surface area contributed by atoms with Crippen molar-refractivity contribution < 1.29 is 9.90 Å². The maximum absolute atomic E-state index is 12.8. The molecule has 1 aliphatic rings. The van der Waals surface area contributed by atoms with E-state index in [2.05, 4.69) is 20.9 Å². The molecule has 1 aliphatic heterocycles. The third-order valence-electron chi connectivity index (χ3n) is 3.81. The number of rotatable bonds is 1. The standard InChI is InChI=1S/C16H17BrN2O2/c1-10-7-14(13-8-11(17)4-5-15(13)18-10)16(21)19-6-2-3-12(20)9-19/h4-5,7-8,12,20H,2-3,6,9H2,1H3. The number of benzene rings is 1. The second-order valence-corrected chi connectivity index (χ2v) is 6.44. The first-order chi connectivity index (χ1) is 10.0. The van der Waals surface area contributed by atoms with Gasteiger partial charge in [0.2, 0.25) is 0 Å². The van der Waals surface area contributed by atoms with Crippen molar-refractivity contribution in [2.75, 3.05) is 13.1 Å². The van der Waals surface area contributed by atoms with Crippen LogP contribution >= 0.6 is 15.9 Å². The smallest absolute Gasteiger partial charge is 0.254 e. The number of β-amino-alcohol motifs (C(OH)–C–C–N with tert-alkyl or cyclic N) is 1. The Balaban J connectivity index is 2.06. The lowest BCUT2D eigenvalue weighted by Gasteiger charge is -2.30. The predicted octanol–water partition coefficient (Wildman–Crippen LogP) is 2.90. The Morgan fingerprint density at radius 3 is 3.00 bits per heavy atom. The molecule has 1 amide bonds. The molecular weight excluding hydrogens is 332 g/mol. The minimum atomic E-state index is -0.413. The lowest BCUT2D eigenvalue weighted by atomic mass is 10.0. The van der Waals surface area contributed by atoms with Crippen LogP contribution in [0.2, 0.25) is 0 Å². The number of halogens is 1. The Bertz CT molecular complexity index is 702. The fourth-order valence-electron chi connectivity index (χ4n) is 2.82. The van der Waals surface area contributed by atoms with E-state index in [0.29, 0.717) is 18.7 Å². The molecular formula is C16H17BrN2O2. The van der Waals surface area contributed by atoms with E-state index >= 15 is 0 Å². The van der Waals surface area contributed by atoms with Crippen LogP contribution in [0.4, 0.5) is 0 Å². The fourth-order valence-corrected chi connectivity index (χ4v) is 3.18. The fraction of sp³-hybridized carbons (Fsp3) is 0.375. The largest absolute Gasteiger partial charge is 0.391 e. The number of fused-ring (bicyclic) bond motifs is 1. The van der Waals surface area contributed by atoms with Crippen molar-refractivity contribution >= 4 is 32.7 Å². The molecule has 0 saturated carbocycles. The number of hydrogen-bond acceptors (Lipinski definition) is 3. The molecule has 0 spiro atoms. The normalized spacial score (nSPS) is 19.0. The minimum absolute atomic E-state index is 0.0256. The second-order valence-electron chi connectivity index (χ2n) is 5.52. The van der Waals surface area contributed by atoms with E-state index in [1.807, 2.05) is 31.2 Å². The van der Waals surface area contributed by atoms with Gasteiger partial charge in [0.25, 0.3) is 5.91 Å². The minimum Gasteiger partial charge on any atom is -0.391 e. The average Bonchev–Trinajstić information content (AvgIpc) is 2.46. The molecule has 1 atom stereocenters. The summed E-state index contributed by atoms with van der Waals surface area (Å²) in [6.45, 7) is 3.01. The molecule has 3 rings (SSSR count). The zero-order valence-electron chi connectivity index (χ0n) is 11.8. The first-order valence-electron chi connectivity index (χ1n) is 7.09. The maximum atomic E-state index is 12.8. The molecule has 1 saturated heterocycles. The summed E-state index contributed by atoms with van der Waals surface area (Å²) in [6, 6.07) is 7.59. The van der Waals surface area contributed by atoms with Crippen LogP contribution in [0.5, 0.6) is 0 Å². The Labute approximate surface area is 131 Å². The number of pyridine rings is 1. The SMILES string of the molecule is Cc1cc(C(=O)N2CCCC(O)C2)c2cc(Br)ccc2n1. The molecule has 4 nitrogen and oxygen atoms in total. The second kappa shape index (κ2) is 5.73. The van der Waals surface area contributed by atoms with E-state index in [1.54, 1.807) is 4.90 Å². The third kappa shape index (κ3) is 2.94. The molecule has 2 heterocycles. The summed E-state index contributed by atoms with van der Waals surface area (Å²) < 4.78 is 0.924. The Morgan fingerprint density at radius 1 is 1.43 bits per heavy atom. The molecule has 1 fully saturated rings. The summed E-state index contributed by atoms with van der Waals surface area (Å²) in [5.41, 5.74) is 2.30. The number of aryl methyl sites for hydroxylation is 1. The summed E-state index contributed by atoms with van der Waals surface area (Å²) in [7, 11) is 0. The van der Waals surface area contributed by atoms with Crippen molar-refractivity contribution in [3.63, 3.8) is 0 Å². The highest BCUT2D eigenvalue weighted by Gasteiger charge is 2.24. The van der Waals surface area contributed by atoms with Gasteiger partial charge in [0.15, 0.2) is 0 Å². The van der Waals surface area contributed by atoms with Crippen molar-refractivity contribution in [1.29, 1.82) is 0 Å². The zero-order valence-corrected chi connectivity index (χ0v) is 13.4. The molecule has 1 aromatic carbocycles. The molecule has 21 heavy (non-hydrogen) atoms. The van der Waals surface area contributed by atoms with Crippen LogP contribution in [0.3, 0.4) is 0 Å². The van der Waals surface area contributed by atoms with Gasteiger partial charge in [-0.05, 0) is 44.0 Å². The first-order valence-corrected chi connectivity index (χ1v) is 7.88. The van der Waals surface area contributed by atoms with Gasteiger partial charge in [-0.3, -0.25) is 9.78 Å². The van der Waals surface area contributed by atoms with E-state index in [4.69, 9.17) is 0 Å². The number of carbonyl (C=O) groups excluding carboxylic acids is 1. The molecule has 5 heteroatoms. The van der Waals surface area contributed by atoms with Gasteiger partial charge in [-0.1, -0.05) is 15.9 Å². The predicted molar refractivity (Wildman–Crippen MR) is 85.3 cm³/mol. The quantitative estimate of drug-likeness (QED) is 0.861.